The molecule has 0 aromatic carbocycles. The Morgan fingerprint density at radius 3 is 2.58 bits per heavy atom. The second-order valence-corrected chi connectivity index (χ2v) is 3.82. The number of carboxylic acids is 1. The van der Waals surface area contributed by atoms with Crippen LogP contribution in [0.3, 0.4) is 0 Å². The van der Waals surface area contributed by atoms with Gasteiger partial charge in [0.15, 0.2) is 0 Å². The van der Waals surface area contributed by atoms with E-state index in [0.29, 0.717) is 6.54 Å². The molecule has 0 amide bonds. The SMILES string of the molecule is O=C([O-])C1C(=O)SC2CCN21.[Na+]. The second kappa shape index (κ2) is 3.67. The van der Waals surface area contributed by atoms with Crippen molar-refractivity contribution in [2.45, 2.75) is 17.8 Å². The summed E-state index contributed by atoms with van der Waals surface area (Å²) in [6, 6.07) is -0.973. The van der Waals surface area contributed by atoms with Gasteiger partial charge < -0.3 is 9.90 Å². The molecule has 0 saturated carbocycles. The average Bonchev–Trinajstić information content (AvgIpc) is 2.10. The molecular formula is C6H6NNaO3S. The largest absolute Gasteiger partial charge is 1.00 e. The fourth-order valence-electron chi connectivity index (χ4n) is 1.37. The van der Waals surface area contributed by atoms with E-state index in [4.69, 9.17) is 0 Å². The first-order valence-corrected chi connectivity index (χ1v) is 4.25. The van der Waals surface area contributed by atoms with Gasteiger partial charge in [0, 0.05) is 6.54 Å². The summed E-state index contributed by atoms with van der Waals surface area (Å²) in [5, 5.41) is 10.3. The summed E-state index contributed by atoms with van der Waals surface area (Å²) >= 11 is 1.12. The number of rotatable bonds is 1. The fourth-order valence-corrected chi connectivity index (χ4v) is 2.59. The van der Waals surface area contributed by atoms with Gasteiger partial charge in [0.25, 0.3) is 0 Å². The summed E-state index contributed by atoms with van der Waals surface area (Å²) in [5.74, 6) is -1.26. The van der Waals surface area contributed by atoms with Crippen LogP contribution in [-0.4, -0.2) is 33.9 Å². The molecular weight excluding hydrogens is 189 g/mol. The van der Waals surface area contributed by atoms with Gasteiger partial charge in [0.2, 0.25) is 5.12 Å². The van der Waals surface area contributed by atoms with Gasteiger partial charge in [0.1, 0.15) is 6.04 Å². The fraction of sp³-hybridized carbons (Fsp3) is 0.667. The number of fused-ring (bicyclic) bond motifs is 1. The molecule has 2 atom stereocenters. The molecule has 2 rings (SSSR count). The van der Waals surface area contributed by atoms with Crippen LogP contribution < -0.4 is 34.7 Å². The summed E-state index contributed by atoms with van der Waals surface area (Å²) in [5.41, 5.74) is 0. The van der Waals surface area contributed by atoms with Crippen LogP contribution in [0.2, 0.25) is 0 Å². The number of hydrogen-bond acceptors (Lipinski definition) is 5. The summed E-state index contributed by atoms with van der Waals surface area (Å²) < 4.78 is 0. The van der Waals surface area contributed by atoms with E-state index in [1.165, 1.54) is 0 Å². The zero-order chi connectivity index (χ0) is 8.01. The van der Waals surface area contributed by atoms with Crippen LogP contribution in [0.15, 0.2) is 0 Å². The normalized spacial score (nSPS) is 33.5. The van der Waals surface area contributed by atoms with Crippen molar-refractivity contribution in [1.82, 2.24) is 4.90 Å². The topological polar surface area (TPSA) is 60.4 Å². The molecule has 0 aromatic rings. The average molecular weight is 195 g/mol. The monoisotopic (exact) mass is 195 g/mol. The Balaban J connectivity index is 0.000000720. The molecule has 4 nitrogen and oxygen atoms in total. The van der Waals surface area contributed by atoms with Crippen LogP contribution in [0, 0.1) is 0 Å². The van der Waals surface area contributed by atoms with Crippen molar-refractivity contribution >= 4 is 22.8 Å². The van der Waals surface area contributed by atoms with E-state index in [9.17, 15) is 14.7 Å². The van der Waals surface area contributed by atoms with Crippen molar-refractivity contribution in [3.8, 4) is 0 Å². The van der Waals surface area contributed by atoms with Gasteiger partial charge in [-0.1, -0.05) is 11.8 Å². The predicted octanol–water partition coefficient (Wildman–Crippen LogP) is -4.59. The Kier molecular flexibility index (Phi) is 3.22. The third-order valence-electron chi connectivity index (χ3n) is 2.03. The van der Waals surface area contributed by atoms with Gasteiger partial charge in [0.05, 0.1) is 11.3 Å². The Hall–Kier alpha value is 0.450. The molecule has 0 aromatic heterocycles. The summed E-state index contributed by atoms with van der Waals surface area (Å²) in [6.07, 6.45) is 0.917. The van der Waals surface area contributed by atoms with Crippen LogP contribution in [0.25, 0.3) is 0 Å². The second-order valence-electron chi connectivity index (χ2n) is 2.64. The van der Waals surface area contributed by atoms with Gasteiger partial charge in [-0.05, 0) is 6.42 Å². The molecule has 12 heavy (non-hydrogen) atoms. The van der Waals surface area contributed by atoms with E-state index in [2.05, 4.69) is 0 Å². The molecule has 2 heterocycles. The van der Waals surface area contributed by atoms with E-state index in [1.807, 2.05) is 0 Å². The van der Waals surface area contributed by atoms with Gasteiger partial charge in [-0.2, -0.15) is 0 Å². The minimum Gasteiger partial charge on any atom is -0.548 e. The van der Waals surface area contributed by atoms with Crippen molar-refractivity contribution in [3.05, 3.63) is 0 Å². The van der Waals surface area contributed by atoms with Crippen molar-refractivity contribution < 1.29 is 44.3 Å². The van der Waals surface area contributed by atoms with Crippen molar-refractivity contribution in [1.29, 1.82) is 0 Å². The molecule has 2 unspecified atom stereocenters. The first-order valence-electron chi connectivity index (χ1n) is 3.37. The maximum absolute atomic E-state index is 11.0. The molecule has 6 heteroatoms. The first-order chi connectivity index (χ1) is 5.20. The minimum absolute atomic E-state index is 0. The molecule has 2 aliphatic heterocycles. The van der Waals surface area contributed by atoms with Crippen molar-refractivity contribution in [3.63, 3.8) is 0 Å². The Bertz CT molecular complexity index is 235. The van der Waals surface area contributed by atoms with Crippen molar-refractivity contribution in [2.24, 2.45) is 0 Å². The Morgan fingerprint density at radius 1 is 1.67 bits per heavy atom. The van der Waals surface area contributed by atoms with Gasteiger partial charge >= 0.3 is 29.6 Å². The van der Waals surface area contributed by atoms with E-state index in [0.717, 1.165) is 18.2 Å². The van der Waals surface area contributed by atoms with E-state index < -0.39 is 12.0 Å². The molecule has 0 bridgehead atoms. The van der Waals surface area contributed by atoms with E-state index in [-0.39, 0.29) is 40.0 Å². The summed E-state index contributed by atoms with van der Waals surface area (Å²) in [4.78, 5) is 23.1. The van der Waals surface area contributed by atoms with Crippen LogP contribution in [0.1, 0.15) is 6.42 Å². The van der Waals surface area contributed by atoms with Gasteiger partial charge in [-0.3, -0.25) is 9.69 Å². The van der Waals surface area contributed by atoms with Crippen LogP contribution >= 0.6 is 11.8 Å². The minimum atomic E-state index is -1.26. The molecule has 0 N–H and O–H groups in total. The smallest absolute Gasteiger partial charge is 0.548 e. The Morgan fingerprint density at radius 2 is 2.33 bits per heavy atom. The van der Waals surface area contributed by atoms with Crippen LogP contribution in [0.4, 0.5) is 0 Å². The number of aliphatic carboxylic acids is 1. The molecule has 2 aliphatic rings. The molecule has 2 saturated heterocycles. The standard InChI is InChI=1S/C6H7NO3S.Na/c8-5(9)4-6(10)11-3-1-2-7(3)4;/h3-4H,1-2H2,(H,8,9);/q;+1/p-1. The number of nitrogens with zero attached hydrogens (tertiary/aromatic N) is 1. The van der Waals surface area contributed by atoms with E-state index >= 15 is 0 Å². The predicted molar refractivity (Wildman–Crippen MR) is 36.5 cm³/mol. The van der Waals surface area contributed by atoms with Gasteiger partial charge in [-0.15, -0.1) is 0 Å². The molecule has 60 valence electrons. The molecule has 0 spiro atoms. The summed E-state index contributed by atoms with van der Waals surface area (Å²) in [7, 11) is 0. The quantitative estimate of drug-likeness (QED) is 0.311. The number of thioether (sulfide) groups is 1. The Labute approximate surface area is 96.0 Å². The van der Waals surface area contributed by atoms with Gasteiger partial charge in [-0.25, -0.2) is 0 Å². The number of carbonyl (C=O) groups excluding carboxylic acids is 2. The van der Waals surface area contributed by atoms with Crippen LogP contribution in [0.5, 0.6) is 0 Å². The van der Waals surface area contributed by atoms with Crippen molar-refractivity contribution in [2.75, 3.05) is 6.54 Å². The molecule has 0 aliphatic carbocycles. The zero-order valence-corrected chi connectivity index (χ0v) is 9.47. The maximum atomic E-state index is 11.0. The molecule has 0 radical (unpaired) electrons. The first kappa shape index (κ1) is 10.5. The number of carboxylic acid groups (broad SMARTS) is 1. The zero-order valence-electron chi connectivity index (χ0n) is 6.65. The third kappa shape index (κ3) is 1.44. The summed E-state index contributed by atoms with van der Waals surface area (Å²) in [6.45, 7) is 0.710. The molecule has 2 fully saturated rings. The van der Waals surface area contributed by atoms with Crippen LogP contribution in [-0.2, 0) is 9.59 Å². The third-order valence-corrected chi connectivity index (χ3v) is 3.27. The number of hydrogen-bond donors (Lipinski definition) is 0. The number of carbonyl (C=O) groups is 2. The van der Waals surface area contributed by atoms with E-state index in [1.54, 1.807) is 4.90 Å². The maximum Gasteiger partial charge on any atom is 1.00 e.